The van der Waals surface area contributed by atoms with Crippen molar-refractivity contribution in [2.24, 2.45) is 16.2 Å². The highest BCUT2D eigenvalue weighted by Gasteiger charge is 2.36. The summed E-state index contributed by atoms with van der Waals surface area (Å²) in [5.41, 5.74) is 5.30. The van der Waals surface area contributed by atoms with Crippen molar-refractivity contribution in [2.75, 3.05) is 115 Å². The summed E-state index contributed by atoms with van der Waals surface area (Å²) in [7, 11) is 9.40. The van der Waals surface area contributed by atoms with Gasteiger partial charge < -0.3 is 72.8 Å². The van der Waals surface area contributed by atoms with E-state index in [1.807, 2.05) is 42.5 Å². The van der Waals surface area contributed by atoms with E-state index >= 15 is 0 Å². The van der Waals surface area contributed by atoms with Gasteiger partial charge in [-0.05, 0) is 153 Å². The van der Waals surface area contributed by atoms with Crippen LogP contribution in [-0.2, 0) is 33.7 Å². The minimum absolute atomic E-state index is 0.0106. The van der Waals surface area contributed by atoms with Crippen LogP contribution in [0.2, 0.25) is 0 Å². The maximum atomic E-state index is 13.2. The van der Waals surface area contributed by atoms with Crippen LogP contribution in [0.25, 0.3) is 0 Å². The third kappa shape index (κ3) is 22.4. The number of hydrogen-bond acceptors (Lipinski definition) is 15. The lowest BCUT2D eigenvalue weighted by atomic mass is 9.75. The van der Waals surface area contributed by atoms with Gasteiger partial charge in [-0.25, -0.2) is 0 Å². The number of unbranched alkanes of at least 4 members (excludes halogenated alkanes) is 2. The van der Waals surface area contributed by atoms with Crippen molar-refractivity contribution in [1.82, 2.24) is 16.0 Å². The summed E-state index contributed by atoms with van der Waals surface area (Å²) in [6, 6.07) is 41.2. The van der Waals surface area contributed by atoms with Gasteiger partial charge in [0, 0.05) is 76.0 Å². The van der Waals surface area contributed by atoms with Gasteiger partial charge in [0.25, 0.3) is 17.7 Å². The van der Waals surface area contributed by atoms with Crippen molar-refractivity contribution in [1.29, 1.82) is 0 Å². The molecule has 3 amide bonds. The topological polar surface area (TPSA) is 198 Å². The molecule has 0 bridgehead atoms. The molecule has 0 saturated carbocycles. The largest absolute Gasteiger partial charge is 0.493 e. The Morgan fingerprint density at radius 1 is 0.385 bits per heavy atom. The summed E-state index contributed by atoms with van der Waals surface area (Å²) >= 11 is 0. The highest BCUT2D eigenvalue weighted by atomic mass is 16.6. The Kier molecular flexibility index (Phi) is 31.1. The first-order chi connectivity index (χ1) is 46.8. The van der Waals surface area contributed by atoms with Gasteiger partial charge in [0.05, 0.1) is 55.9 Å². The maximum absolute atomic E-state index is 13.2. The van der Waals surface area contributed by atoms with Crippen molar-refractivity contribution in [3.05, 3.63) is 161 Å². The molecule has 3 aliphatic rings. The lowest BCUT2D eigenvalue weighted by Crippen LogP contribution is -2.41. The van der Waals surface area contributed by atoms with Crippen molar-refractivity contribution in [3.63, 3.8) is 0 Å². The normalized spacial score (nSPS) is 15.1. The molecule has 3 heterocycles. The number of aryl methyl sites for hydroxylation is 2. The summed E-state index contributed by atoms with van der Waals surface area (Å²) in [5, 5.41) is 9.44. The van der Waals surface area contributed by atoms with E-state index < -0.39 is 0 Å². The van der Waals surface area contributed by atoms with Gasteiger partial charge in [-0.1, -0.05) is 125 Å². The van der Waals surface area contributed by atoms with Crippen molar-refractivity contribution in [3.8, 4) is 51.7 Å². The molecule has 0 spiro atoms. The number of amides is 3. The summed E-state index contributed by atoms with van der Waals surface area (Å²) in [5.74, 6) is 4.05. The lowest BCUT2D eigenvalue weighted by Gasteiger charge is -2.37. The van der Waals surface area contributed by atoms with E-state index in [4.69, 9.17) is 56.8 Å². The molecule has 6 aromatic rings. The van der Waals surface area contributed by atoms with Crippen LogP contribution in [0.1, 0.15) is 152 Å². The zero-order valence-corrected chi connectivity index (χ0v) is 58.3. The molecular formula is C78H105N3O15. The van der Waals surface area contributed by atoms with Crippen molar-refractivity contribution in [2.45, 2.75) is 124 Å². The summed E-state index contributed by atoms with van der Waals surface area (Å²) < 4.78 is 67.5. The molecule has 0 aromatic heterocycles. The number of rotatable bonds is 33. The number of carbonyl (C=O) groups is 3. The molecule has 3 saturated heterocycles. The molecule has 3 fully saturated rings. The third-order valence-corrected chi connectivity index (χ3v) is 18.7. The molecule has 522 valence electrons. The fourth-order valence-electron chi connectivity index (χ4n) is 12.1. The first-order valence-electron chi connectivity index (χ1n) is 34.2. The molecule has 0 atom stereocenters. The Balaban J connectivity index is 0.000000205. The second-order valence-corrected chi connectivity index (χ2v) is 25.0. The van der Waals surface area contributed by atoms with Crippen LogP contribution in [0.5, 0.6) is 51.7 Å². The number of hydrogen-bond donors (Lipinski definition) is 3. The average molecular weight is 1320 g/mol. The van der Waals surface area contributed by atoms with Crippen LogP contribution >= 0.6 is 0 Å². The molecule has 3 aliphatic heterocycles. The number of carbonyl (C=O) groups excluding carboxylic acids is 3. The lowest BCUT2D eigenvalue weighted by molar-refractivity contribution is 0.0106. The molecular weight excluding hydrogens is 1220 g/mol. The Labute approximate surface area is 570 Å². The maximum Gasteiger partial charge on any atom is 0.251 e. The van der Waals surface area contributed by atoms with Crippen LogP contribution in [-0.4, -0.2) is 133 Å². The minimum Gasteiger partial charge on any atom is -0.493 e. The molecule has 96 heavy (non-hydrogen) atoms. The van der Waals surface area contributed by atoms with E-state index in [-0.39, 0.29) is 34.0 Å². The van der Waals surface area contributed by atoms with E-state index in [1.165, 1.54) is 11.1 Å². The monoisotopic (exact) mass is 1320 g/mol. The van der Waals surface area contributed by atoms with Gasteiger partial charge >= 0.3 is 0 Å². The van der Waals surface area contributed by atoms with E-state index in [0.717, 1.165) is 142 Å². The summed E-state index contributed by atoms with van der Waals surface area (Å²) in [6.07, 6.45) is 14.6. The van der Waals surface area contributed by atoms with Crippen LogP contribution in [0.3, 0.4) is 0 Å². The number of ether oxygens (including phenoxy) is 12. The van der Waals surface area contributed by atoms with E-state index in [9.17, 15) is 14.4 Å². The van der Waals surface area contributed by atoms with Gasteiger partial charge in [0.2, 0.25) is 17.2 Å². The van der Waals surface area contributed by atoms with Gasteiger partial charge in [0.15, 0.2) is 34.5 Å². The molecule has 18 nitrogen and oxygen atoms in total. The van der Waals surface area contributed by atoms with Crippen LogP contribution in [0.15, 0.2) is 127 Å². The smallest absolute Gasteiger partial charge is 0.251 e. The van der Waals surface area contributed by atoms with E-state index in [0.29, 0.717) is 108 Å². The first-order valence-corrected chi connectivity index (χ1v) is 34.2. The zero-order chi connectivity index (χ0) is 68.4. The second-order valence-electron chi connectivity index (χ2n) is 25.0. The number of benzene rings is 6. The minimum atomic E-state index is -0.160. The van der Waals surface area contributed by atoms with Crippen LogP contribution < -0.4 is 58.6 Å². The molecule has 0 aliphatic carbocycles. The summed E-state index contributed by atoms with van der Waals surface area (Å²) in [6.45, 7) is 14.2. The highest BCUT2D eigenvalue weighted by Crippen LogP contribution is 2.43. The quantitative estimate of drug-likeness (QED) is 0.0329. The number of methoxy groups -OCH3 is 6. The van der Waals surface area contributed by atoms with Crippen LogP contribution in [0, 0.1) is 16.2 Å². The highest BCUT2D eigenvalue weighted by molar-refractivity contribution is 5.97. The molecule has 0 radical (unpaired) electrons. The SMILES string of the molecule is CCCCOc1c(OC)cc(C(=O)NCC2(CC)CCOCC2)cc1OC.CCCCOc1c(OC)cc(C(=O)NCC2(CCc3ccccc3)CCOCC2)cc1OC.COc1cc(C(=O)NCC2(CCc3ccccc3)CCOCC2)cc(OC)c1OCc1ccccc1. The Hall–Kier alpha value is -8.19. The summed E-state index contributed by atoms with van der Waals surface area (Å²) in [4.78, 5) is 39.1. The molecule has 18 heteroatoms. The van der Waals surface area contributed by atoms with Gasteiger partial charge in [-0.3, -0.25) is 14.4 Å². The Bertz CT molecular complexity index is 3200. The predicted molar refractivity (Wildman–Crippen MR) is 374 cm³/mol. The zero-order valence-electron chi connectivity index (χ0n) is 58.3. The fraction of sp³-hybridized carbons (Fsp3) is 0.500. The molecule has 0 unspecified atom stereocenters. The second kappa shape index (κ2) is 39.8. The standard InChI is InChI=1S/C30H35NO5.C27H37NO5.C21H33NO5/c1-33-26-19-25(20-27(34-2)28(26)36-21-24-11-7-4-8-12-24)29(32)31-22-30(15-17-35-18-16-30)14-13-23-9-5-3-6-10-23;1-4-5-15-33-25-23(30-2)18-22(19-24(25)31-3)26(29)28-20-27(13-16-32-17-14-27)12-11-21-9-7-6-8-10-21;1-5-7-10-27-19-17(24-3)13-16(14-18(19)25-4)20(23)22-15-21(6-2)8-11-26-12-9-21/h3-12,19-20H,13-18,21-22H2,1-2H3,(H,31,32);6-10,18-19H,4-5,11-17,20H2,1-3H3,(H,28,29);13-14H,5-12,15H2,1-4H3,(H,22,23). The van der Waals surface area contributed by atoms with Crippen LogP contribution in [0.4, 0.5) is 0 Å². The van der Waals surface area contributed by atoms with Gasteiger partial charge in [0.1, 0.15) is 6.61 Å². The van der Waals surface area contributed by atoms with E-state index in [1.54, 1.807) is 79.1 Å². The molecule has 9 rings (SSSR count). The average Bonchev–Trinajstić information content (AvgIpc) is 0.902. The predicted octanol–water partition coefficient (Wildman–Crippen LogP) is 14.3. The molecule has 6 aromatic carbocycles. The Morgan fingerprint density at radius 2 is 0.667 bits per heavy atom. The number of nitrogens with one attached hydrogen (secondary N) is 3. The van der Waals surface area contributed by atoms with Crippen molar-refractivity contribution >= 4 is 17.7 Å². The Morgan fingerprint density at radius 3 is 0.958 bits per heavy atom. The third-order valence-electron chi connectivity index (χ3n) is 18.7. The van der Waals surface area contributed by atoms with Gasteiger partial charge in [-0.2, -0.15) is 0 Å². The van der Waals surface area contributed by atoms with E-state index in [2.05, 4.69) is 85.3 Å². The first kappa shape index (κ1) is 75.2. The molecule has 3 N–H and O–H groups in total. The van der Waals surface area contributed by atoms with Crippen molar-refractivity contribution < 1.29 is 71.2 Å². The fourth-order valence-corrected chi connectivity index (χ4v) is 12.1. The van der Waals surface area contributed by atoms with Gasteiger partial charge in [-0.15, -0.1) is 0 Å².